The Kier molecular flexibility index (Phi) is 6.09. The summed E-state index contributed by atoms with van der Waals surface area (Å²) >= 11 is 1.46. The number of nitrogens with zero attached hydrogens (tertiary/aromatic N) is 3. The van der Waals surface area contributed by atoms with Crippen LogP contribution < -0.4 is 4.90 Å². The molecule has 7 rings (SSSR count). The molecule has 1 saturated carbocycles. The molecule has 2 aromatic heterocycles. The highest BCUT2D eigenvalue weighted by molar-refractivity contribution is 7.22. The molecule has 0 amide bonds. The Labute approximate surface area is 232 Å². The van der Waals surface area contributed by atoms with E-state index in [2.05, 4.69) is 16.0 Å². The Balaban J connectivity index is 1.12. The summed E-state index contributed by atoms with van der Waals surface area (Å²) in [5, 5.41) is 14.4. The summed E-state index contributed by atoms with van der Waals surface area (Å²) in [6.07, 6.45) is 11.1. The highest BCUT2D eigenvalue weighted by atomic mass is 32.1. The third-order valence-electron chi connectivity index (χ3n) is 8.23. The van der Waals surface area contributed by atoms with E-state index in [9.17, 15) is 18.7 Å². The van der Waals surface area contributed by atoms with Gasteiger partial charge in [-0.25, -0.2) is 18.6 Å². The van der Waals surface area contributed by atoms with Gasteiger partial charge in [-0.2, -0.15) is 0 Å². The molecule has 4 heterocycles. The number of anilines is 1. The van der Waals surface area contributed by atoms with Crippen LogP contribution in [0.3, 0.4) is 0 Å². The predicted octanol–water partition coefficient (Wildman–Crippen LogP) is 6.50. The first-order valence-corrected chi connectivity index (χ1v) is 14.2. The molecule has 2 aromatic carbocycles. The van der Waals surface area contributed by atoms with Gasteiger partial charge in [0.15, 0.2) is 5.13 Å². The average molecular weight is 562 g/mol. The number of rotatable bonds is 7. The van der Waals surface area contributed by atoms with Crippen LogP contribution in [0.5, 0.6) is 0 Å². The minimum absolute atomic E-state index is 0.0386. The van der Waals surface area contributed by atoms with Gasteiger partial charge in [0.05, 0.1) is 39.6 Å². The topological polar surface area (TPSA) is 88.7 Å². The van der Waals surface area contributed by atoms with E-state index in [1.165, 1.54) is 35.6 Å². The van der Waals surface area contributed by atoms with Crippen LogP contribution in [0.25, 0.3) is 21.5 Å². The summed E-state index contributed by atoms with van der Waals surface area (Å²) in [5.41, 5.74) is 1.91. The Hall–Kier alpha value is -3.81. The van der Waals surface area contributed by atoms with Crippen molar-refractivity contribution in [1.82, 2.24) is 10.1 Å². The van der Waals surface area contributed by atoms with Crippen molar-refractivity contribution in [3.05, 3.63) is 64.4 Å². The van der Waals surface area contributed by atoms with Gasteiger partial charge in [-0.3, -0.25) is 0 Å². The molecule has 1 N–H and O–H groups in total. The van der Waals surface area contributed by atoms with Gasteiger partial charge in [-0.15, -0.1) is 6.42 Å². The number of thiazole rings is 1. The minimum atomic E-state index is -1.02. The van der Waals surface area contributed by atoms with Crippen LogP contribution >= 0.6 is 11.3 Å². The lowest BCUT2D eigenvalue weighted by molar-refractivity contribution is 0.0147. The molecule has 3 aliphatic rings. The molecule has 2 bridgehead atoms. The molecule has 1 aliphatic carbocycles. The number of piperidine rings is 1. The molecule has 2 saturated heterocycles. The number of fused-ring (bicyclic) bond motifs is 3. The number of ether oxygens (including phenoxy) is 1. The molecule has 1 unspecified atom stereocenters. The van der Waals surface area contributed by atoms with E-state index in [1.54, 1.807) is 6.07 Å². The van der Waals surface area contributed by atoms with Gasteiger partial charge >= 0.3 is 5.97 Å². The maximum absolute atomic E-state index is 14.6. The molecule has 3 fully saturated rings. The summed E-state index contributed by atoms with van der Waals surface area (Å²) in [5.74, 6) is 1.07. The number of hydrogen-bond donors (Lipinski definition) is 1. The maximum atomic E-state index is 14.6. The van der Waals surface area contributed by atoms with E-state index in [1.807, 2.05) is 0 Å². The smallest absolute Gasteiger partial charge is 0.335 e. The first-order chi connectivity index (χ1) is 19.4. The van der Waals surface area contributed by atoms with Crippen molar-refractivity contribution in [3.63, 3.8) is 0 Å². The Morgan fingerprint density at radius 3 is 2.55 bits per heavy atom. The van der Waals surface area contributed by atoms with E-state index in [4.69, 9.17) is 20.7 Å². The summed E-state index contributed by atoms with van der Waals surface area (Å²) in [7, 11) is 0. The molecule has 10 heteroatoms. The molecule has 0 radical (unpaired) electrons. The van der Waals surface area contributed by atoms with E-state index in [0.29, 0.717) is 22.4 Å². The lowest BCUT2D eigenvalue weighted by Gasteiger charge is -2.38. The molecule has 40 heavy (non-hydrogen) atoms. The van der Waals surface area contributed by atoms with Gasteiger partial charge in [-0.05, 0) is 62.8 Å². The van der Waals surface area contributed by atoms with Crippen molar-refractivity contribution < 1.29 is 27.9 Å². The Morgan fingerprint density at radius 2 is 1.90 bits per heavy atom. The van der Waals surface area contributed by atoms with Crippen LogP contribution in [0.4, 0.5) is 13.9 Å². The first-order valence-electron chi connectivity index (χ1n) is 13.4. The molecule has 4 aromatic rings. The van der Waals surface area contributed by atoms with Crippen molar-refractivity contribution in [2.75, 3.05) is 4.90 Å². The van der Waals surface area contributed by atoms with Gasteiger partial charge in [0.25, 0.3) is 0 Å². The summed E-state index contributed by atoms with van der Waals surface area (Å²) in [6, 6.07) is 7.32. The normalized spacial score (nSPS) is 22.1. The fourth-order valence-corrected chi connectivity index (χ4v) is 7.36. The van der Waals surface area contributed by atoms with Gasteiger partial charge in [0.1, 0.15) is 23.1 Å². The lowest BCUT2D eigenvalue weighted by Crippen LogP contribution is -2.45. The van der Waals surface area contributed by atoms with Crippen molar-refractivity contribution in [1.29, 1.82) is 0 Å². The summed E-state index contributed by atoms with van der Waals surface area (Å²) < 4.78 is 42.0. The number of carboxylic acid groups (broad SMARTS) is 1. The molecule has 0 spiro atoms. The van der Waals surface area contributed by atoms with Gasteiger partial charge in [-0.1, -0.05) is 28.5 Å². The van der Waals surface area contributed by atoms with Gasteiger partial charge in [0.2, 0.25) is 0 Å². The number of carboxylic acids is 1. The molecule has 2 aliphatic heterocycles. The quantitative estimate of drug-likeness (QED) is 0.258. The van der Waals surface area contributed by atoms with E-state index < -0.39 is 17.6 Å². The number of aromatic nitrogens is 2. The SMILES string of the molecule is C#Cc1cc(C(=O)O)cc2sc(N3[C@@H]4CC[C@H]3CC(OCc3c(-c5c(F)cccc5F)noc3C3CC3)C4)nc12. The zero-order valence-corrected chi connectivity index (χ0v) is 22.2. The van der Waals surface area contributed by atoms with Crippen molar-refractivity contribution in [2.24, 2.45) is 0 Å². The Morgan fingerprint density at radius 1 is 1.18 bits per heavy atom. The van der Waals surface area contributed by atoms with Crippen LogP contribution in [-0.2, 0) is 11.3 Å². The molecule has 3 atom stereocenters. The third kappa shape index (κ3) is 4.25. The Bertz CT molecular complexity index is 1650. The van der Waals surface area contributed by atoms with Gasteiger partial charge in [0, 0.05) is 23.6 Å². The van der Waals surface area contributed by atoms with Crippen LogP contribution in [0.15, 0.2) is 34.9 Å². The van der Waals surface area contributed by atoms with E-state index in [-0.39, 0.29) is 47.5 Å². The number of benzene rings is 2. The molecule has 7 nitrogen and oxygen atoms in total. The average Bonchev–Trinajstić information content (AvgIpc) is 3.46. The summed E-state index contributed by atoms with van der Waals surface area (Å²) in [4.78, 5) is 18.7. The molecule has 204 valence electrons. The highest BCUT2D eigenvalue weighted by Crippen LogP contribution is 2.46. The number of terminal acetylenes is 1. The van der Waals surface area contributed by atoms with Crippen molar-refractivity contribution in [3.8, 4) is 23.6 Å². The van der Waals surface area contributed by atoms with Crippen molar-refractivity contribution in [2.45, 2.75) is 69.2 Å². The summed E-state index contributed by atoms with van der Waals surface area (Å²) in [6.45, 7) is 0.174. The largest absolute Gasteiger partial charge is 0.478 e. The number of aromatic carboxylic acids is 1. The van der Waals surface area contributed by atoms with Crippen LogP contribution in [-0.4, -0.2) is 39.4 Å². The molecular weight excluding hydrogens is 536 g/mol. The molecular formula is C30H25F2N3O4S. The minimum Gasteiger partial charge on any atom is -0.478 e. The highest BCUT2D eigenvalue weighted by Gasteiger charge is 2.43. The second-order valence-corrected chi connectivity index (χ2v) is 11.8. The maximum Gasteiger partial charge on any atom is 0.335 e. The van der Waals surface area contributed by atoms with Gasteiger partial charge < -0.3 is 19.3 Å². The predicted molar refractivity (Wildman–Crippen MR) is 145 cm³/mol. The standard InChI is InChI=1S/C30H25F2N3O4S/c1-2-15-10-17(29(36)37)11-24-26(15)33-30(40-24)35-18-8-9-19(35)13-20(12-18)38-14-21-27(34-39-28(21)16-6-7-16)25-22(31)4-3-5-23(25)32/h1,3-5,10-11,16,18-20H,6-9,12-14H2,(H,36,37)/t18-,19+,20?. The first kappa shape index (κ1) is 25.2. The number of hydrogen-bond acceptors (Lipinski definition) is 7. The monoisotopic (exact) mass is 561 g/mol. The third-order valence-corrected chi connectivity index (χ3v) is 9.24. The number of carbonyl (C=O) groups is 1. The fraction of sp³-hybridized carbons (Fsp3) is 0.367. The lowest BCUT2D eigenvalue weighted by atomic mass is 9.99. The zero-order valence-electron chi connectivity index (χ0n) is 21.4. The zero-order chi connectivity index (χ0) is 27.5. The second kappa shape index (κ2) is 9.68. The second-order valence-electron chi connectivity index (χ2n) is 10.8. The fourth-order valence-electron chi connectivity index (χ4n) is 6.19. The van der Waals surface area contributed by atoms with Crippen molar-refractivity contribution >= 4 is 32.7 Å². The van der Waals surface area contributed by atoms with E-state index >= 15 is 0 Å². The van der Waals surface area contributed by atoms with Crippen LogP contribution in [0, 0.1) is 24.0 Å². The number of halogens is 2. The van der Waals surface area contributed by atoms with E-state index in [0.717, 1.165) is 48.4 Å². The van der Waals surface area contributed by atoms with Crippen LogP contribution in [0.2, 0.25) is 0 Å². The van der Waals surface area contributed by atoms with Crippen LogP contribution in [0.1, 0.15) is 71.7 Å².